The van der Waals surface area contributed by atoms with Crippen molar-refractivity contribution in [3.05, 3.63) is 47.3 Å². The molecule has 172 valence electrons. The van der Waals surface area contributed by atoms with Crippen LogP contribution in [0.4, 0.5) is 0 Å². The van der Waals surface area contributed by atoms with Gasteiger partial charge >= 0.3 is 0 Å². The molecule has 2 aliphatic rings. The number of piperidine rings is 1. The molecule has 0 unspecified atom stereocenters. The van der Waals surface area contributed by atoms with E-state index in [9.17, 15) is 9.59 Å². The van der Waals surface area contributed by atoms with E-state index in [1.807, 2.05) is 36.9 Å². The molecule has 0 aliphatic carbocycles. The predicted molar refractivity (Wildman–Crippen MR) is 123 cm³/mol. The molecule has 0 bridgehead atoms. The van der Waals surface area contributed by atoms with Crippen molar-refractivity contribution in [1.29, 1.82) is 0 Å². The quantitative estimate of drug-likeness (QED) is 0.644. The van der Waals surface area contributed by atoms with E-state index in [1.54, 1.807) is 13.0 Å². The Kier molecular flexibility index (Phi) is 6.29. The Labute approximate surface area is 189 Å². The van der Waals surface area contributed by atoms with Crippen LogP contribution in [0.15, 0.2) is 30.3 Å². The van der Waals surface area contributed by atoms with E-state index >= 15 is 0 Å². The number of likely N-dealkylation sites (tertiary alicyclic amines) is 1. The number of ether oxygens (including phenoxy) is 2. The smallest absolute Gasteiger partial charge is 0.253 e. The van der Waals surface area contributed by atoms with Crippen molar-refractivity contribution >= 4 is 11.7 Å². The van der Waals surface area contributed by atoms with Gasteiger partial charge in [-0.3, -0.25) is 14.5 Å². The first-order chi connectivity index (χ1) is 15.4. The summed E-state index contributed by atoms with van der Waals surface area (Å²) < 4.78 is 13.5. The van der Waals surface area contributed by atoms with Gasteiger partial charge in [-0.1, -0.05) is 0 Å². The summed E-state index contributed by atoms with van der Waals surface area (Å²) in [5.74, 6) is 1.39. The summed E-state index contributed by atoms with van der Waals surface area (Å²) in [6.45, 7) is 9.58. The molecule has 1 aromatic carbocycles. The van der Waals surface area contributed by atoms with Crippen molar-refractivity contribution in [1.82, 2.24) is 14.4 Å². The Hall–Kier alpha value is -2.80. The molecule has 0 radical (unpaired) electrons. The molecule has 1 amide bonds. The second kappa shape index (κ2) is 8.98. The molecule has 7 heteroatoms. The van der Waals surface area contributed by atoms with Gasteiger partial charge in [-0.05, 0) is 64.1 Å². The van der Waals surface area contributed by atoms with Gasteiger partial charge in [0.05, 0.1) is 24.4 Å². The van der Waals surface area contributed by atoms with E-state index in [4.69, 9.17) is 9.47 Å². The Balaban J connectivity index is 1.54. The maximum Gasteiger partial charge on any atom is 0.253 e. The summed E-state index contributed by atoms with van der Waals surface area (Å²) in [5, 5.41) is 0. The van der Waals surface area contributed by atoms with Crippen LogP contribution < -0.4 is 9.47 Å². The fourth-order valence-corrected chi connectivity index (χ4v) is 5.17. The third-order valence-electron chi connectivity index (χ3n) is 6.88. The number of rotatable bonds is 6. The van der Waals surface area contributed by atoms with Crippen molar-refractivity contribution in [2.24, 2.45) is 0 Å². The molecular weight excluding hydrogens is 406 g/mol. The first-order valence-electron chi connectivity index (χ1n) is 11.5. The molecule has 7 nitrogen and oxygen atoms in total. The number of hydrogen-bond donors (Lipinski definition) is 0. The molecule has 4 rings (SSSR count). The molecule has 1 fully saturated rings. The highest BCUT2D eigenvalue weighted by molar-refractivity contribution is 5.95. The van der Waals surface area contributed by atoms with Crippen molar-refractivity contribution in [2.45, 2.75) is 45.7 Å². The topological polar surface area (TPSA) is 64.0 Å². The number of fused-ring (bicyclic) bond motifs is 2. The number of Topliss-reactive ketones (excluding diaryl/α,β-unsaturated/α-hetero) is 1. The number of aromatic nitrogens is 1. The minimum Gasteiger partial charge on any atom is -0.490 e. The van der Waals surface area contributed by atoms with Crippen molar-refractivity contribution in [3.63, 3.8) is 0 Å². The molecule has 0 N–H and O–H groups in total. The zero-order chi connectivity index (χ0) is 22.9. The number of carbonyl (C=O) groups is 2. The lowest BCUT2D eigenvalue weighted by Gasteiger charge is -2.50. The number of carbonyl (C=O) groups excluding carboxylic acids is 2. The van der Waals surface area contributed by atoms with Crippen molar-refractivity contribution in [2.75, 3.05) is 39.9 Å². The predicted octanol–water partition coefficient (Wildman–Crippen LogP) is 3.57. The summed E-state index contributed by atoms with van der Waals surface area (Å²) in [7, 11) is 2.16. The van der Waals surface area contributed by atoms with Crippen LogP contribution in [0.2, 0.25) is 0 Å². The van der Waals surface area contributed by atoms with Gasteiger partial charge in [0.1, 0.15) is 0 Å². The highest BCUT2D eigenvalue weighted by Crippen LogP contribution is 2.42. The van der Waals surface area contributed by atoms with Gasteiger partial charge in [0.2, 0.25) is 0 Å². The van der Waals surface area contributed by atoms with Gasteiger partial charge in [0, 0.05) is 44.4 Å². The van der Waals surface area contributed by atoms with Gasteiger partial charge in [-0.2, -0.15) is 0 Å². The second-order valence-corrected chi connectivity index (χ2v) is 8.58. The molecule has 2 aromatic rings. The van der Waals surface area contributed by atoms with Gasteiger partial charge in [-0.15, -0.1) is 0 Å². The highest BCUT2D eigenvalue weighted by Gasteiger charge is 2.45. The van der Waals surface area contributed by atoms with Crippen LogP contribution in [0.1, 0.15) is 60.2 Å². The molecule has 1 spiro atoms. The summed E-state index contributed by atoms with van der Waals surface area (Å²) in [4.78, 5) is 29.7. The summed E-state index contributed by atoms with van der Waals surface area (Å²) in [5.41, 5.74) is 2.46. The number of ketones is 1. The maximum absolute atomic E-state index is 13.3. The Morgan fingerprint density at radius 3 is 2.28 bits per heavy atom. The third kappa shape index (κ3) is 3.79. The van der Waals surface area contributed by atoms with Crippen LogP contribution in [0.5, 0.6) is 11.5 Å². The fraction of sp³-hybridized carbons (Fsp3) is 0.520. The largest absolute Gasteiger partial charge is 0.490 e. The first-order valence-corrected chi connectivity index (χ1v) is 11.5. The Morgan fingerprint density at radius 1 is 0.938 bits per heavy atom. The minimum atomic E-state index is -0.141. The normalized spacial score (nSPS) is 17.8. The first kappa shape index (κ1) is 22.4. The lowest BCUT2D eigenvalue weighted by atomic mass is 9.81. The van der Waals surface area contributed by atoms with E-state index in [2.05, 4.69) is 22.6 Å². The molecule has 32 heavy (non-hydrogen) atoms. The van der Waals surface area contributed by atoms with E-state index < -0.39 is 0 Å². The van der Waals surface area contributed by atoms with Crippen LogP contribution in [-0.2, 0) is 12.1 Å². The SMILES string of the molecule is CCOc1ccc(C(=O)N2CCC3(CC2)c2ccc(C(C)=O)n2CCN3C)cc1OCC. The van der Waals surface area contributed by atoms with Crippen LogP contribution >= 0.6 is 0 Å². The fourth-order valence-electron chi connectivity index (χ4n) is 5.17. The van der Waals surface area contributed by atoms with Crippen molar-refractivity contribution in [3.8, 4) is 11.5 Å². The molecule has 1 saturated heterocycles. The third-order valence-corrected chi connectivity index (χ3v) is 6.88. The summed E-state index contributed by atoms with van der Waals surface area (Å²) in [6.07, 6.45) is 1.68. The second-order valence-electron chi connectivity index (χ2n) is 8.58. The number of nitrogens with zero attached hydrogens (tertiary/aromatic N) is 3. The maximum atomic E-state index is 13.3. The number of hydrogen-bond acceptors (Lipinski definition) is 5. The van der Waals surface area contributed by atoms with E-state index in [1.165, 1.54) is 5.69 Å². The lowest BCUT2D eigenvalue weighted by Crippen LogP contribution is -2.56. The van der Waals surface area contributed by atoms with Gasteiger partial charge in [0.25, 0.3) is 5.91 Å². The van der Waals surface area contributed by atoms with Gasteiger partial charge in [-0.25, -0.2) is 0 Å². The highest BCUT2D eigenvalue weighted by atomic mass is 16.5. The molecule has 0 atom stereocenters. The zero-order valence-electron chi connectivity index (χ0n) is 19.5. The Morgan fingerprint density at radius 2 is 1.62 bits per heavy atom. The number of amides is 1. The van der Waals surface area contributed by atoms with Crippen LogP contribution in [0, 0.1) is 0 Å². The number of likely N-dealkylation sites (N-methyl/N-ethyl adjacent to an activating group) is 1. The molecule has 3 heterocycles. The van der Waals surface area contributed by atoms with Crippen LogP contribution in [0.25, 0.3) is 0 Å². The van der Waals surface area contributed by atoms with E-state index in [0.29, 0.717) is 43.4 Å². The summed E-state index contributed by atoms with van der Waals surface area (Å²) in [6, 6.07) is 9.48. The van der Waals surface area contributed by atoms with E-state index in [-0.39, 0.29) is 17.2 Å². The van der Waals surface area contributed by atoms with Crippen LogP contribution in [0.3, 0.4) is 0 Å². The molecule has 0 saturated carbocycles. The van der Waals surface area contributed by atoms with Crippen molar-refractivity contribution < 1.29 is 19.1 Å². The number of benzene rings is 1. The van der Waals surface area contributed by atoms with Crippen LogP contribution in [-0.4, -0.2) is 66.0 Å². The summed E-state index contributed by atoms with van der Waals surface area (Å²) >= 11 is 0. The van der Waals surface area contributed by atoms with Gasteiger partial charge in [0.15, 0.2) is 17.3 Å². The standard InChI is InChI=1S/C25H33N3O4/c1-5-31-21-9-7-19(17-22(21)32-6-2)24(30)27-13-11-25(12-14-27)23-10-8-20(18(3)29)28(23)16-15-26(25)4/h7-10,17H,5-6,11-16H2,1-4H3. The molecular formula is C25H33N3O4. The lowest BCUT2D eigenvalue weighted by molar-refractivity contribution is 0.0128. The minimum absolute atomic E-state index is 0.0159. The Bertz CT molecular complexity index is 1000. The average Bonchev–Trinajstić information content (AvgIpc) is 3.23. The van der Waals surface area contributed by atoms with E-state index in [0.717, 1.165) is 31.6 Å². The monoisotopic (exact) mass is 439 g/mol. The molecule has 2 aliphatic heterocycles. The molecule has 1 aromatic heterocycles. The van der Waals surface area contributed by atoms with Gasteiger partial charge < -0.3 is 18.9 Å². The zero-order valence-corrected chi connectivity index (χ0v) is 19.5. The average molecular weight is 440 g/mol.